The number of halogens is 1. The molecule has 32 heavy (non-hydrogen) atoms. The van der Waals surface area contributed by atoms with Crippen molar-refractivity contribution in [3.8, 4) is 5.75 Å². The second kappa shape index (κ2) is 10.2. The third-order valence-electron chi connectivity index (χ3n) is 5.14. The van der Waals surface area contributed by atoms with E-state index in [4.69, 9.17) is 16.3 Å². The molecule has 0 aromatic heterocycles. The zero-order valence-corrected chi connectivity index (χ0v) is 18.2. The Balaban J connectivity index is 1.31. The van der Waals surface area contributed by atoms with Crippen LogP contribution in [0.25, 0.3) is 6.08 Å². The van der Waals surface area contributed by atoms with Crippen LogP contribution in [0.2, 0.25) is 5.02 Å². The van der Waals surface area contributed by atoms with Gasteiger partial charge in [0.15, 0.2) is 0 Å². The SMILES string of the molecule is O=C(/C=C/c1ccc(OCc2ccccc2)cc1)Nc1ccc(N2CCCC2=O)c(Cl)c1. The second-order valence-electron chi connectivity index (χ2n) is 7.48. The molecule has 2 amide bonds. The van der Waals surface area contributed by atoms with Gasteiger partial charge in [0.2, 0.25) is 11.8 Å². The Labute approximate surface area is 192 Å². The van der Waals surface area contributed by atoms with Crippen LogP contribution in [0.15, 0.2) is 78.9 Å². The molecule has 0 bridgehead atoms. The van der Waals surface area contributed by atoms with Crippen molar-refractivity contribution in [3.05, 3.63) is 95.0 Å². The van der Waals surface area contributed by atoms with Crippen LogP contribution in [0.5, 0.6) is 5.75 Å². The molecule has 0 atom stereocenters. The van der Waals surface area contributed by atoms with Gasteiger partial charge in [0.05, 0.1) is 10.7 Å². The molecule has 0 unspecified atom stereocenters. The van der Waals surface area contributed by atoms with Gasteiger partial charge in [0.25, 0.3) is 0 Å². The molecule has 1 saturated heterocycles. The Morgan fingerprint density at radius 3 is 2.53 bits per heavy atom. The molecule has 4 rings (SSSR count). The van der Waals surface area contributed by atoms with Gasteiger partial charge in [-0.2, -0.15) is 0 Å². The molecule has 6 heteroatoms. The van der Waals surface area contributed by atoms with Gasteiger partial charge in [-0.1, -0.05) is 54.1 Å². The molecule has 0 radical (unpaired) electrons. The first-order valence-corrected chi connectivity index (χ1v) is 10.8. The number of nitrogens with zero attached hydrogens (tertiary/aromatic N) is 1. The number of anilines is 2. The van der Waals surface area contributed by atoms with Gasteiger partial charge in [0, 0.05) is 24.7 Å². The molecule has 162 valence electrons. The van der Waals surface area contributed by atoms with E-state index in [-0.39, 0.29) is 11.8 Å². The normalized spacial score (nSPS) is 13.5. The van der Waals surface area contributed by atoms with Crippen LogP contribution in [0, 0.1) is 0 Å². The Hall–Kier alpha value is -3.57. The number of nitrogens with one attached hydrogen (secondary N) is 1. The lowest BCUT2D eigenvalue weighted by Crippen LogP contribution is -2.24. The van der Waals surface area contributed by atoms with Crippen molar-refractivity contribution in [1.29, 1.82) is 0 Å². The zero-order chi connectivity index (χ0) is 22.3. The molecule has 0 aliphatic carbocycles. The highest BCUT2D eigenvalue weighted by Gasteiger charge is 2.23. The average Bonchev–Trinajstić information content (AvgIpc) is 3.23. The van der Waals surface area contributed by atoms with E-state index in [1.54, 1.807) is 29.2 Å². The van der Waals surface area contributed by atoms with E-state index < -0.39 is 0 Å². The predicted molar refractivity (Wildman–Crippen MR) is 128 cm³/mol. The summed E-state index contributed by atoms with van der Waals surface area (Å²) in [7, 11) is 0. The summed E-state index contributed by atoms with van der Waals surface area (Å²) in [4.78, 5) is 25.9. The maximum atomic E-state index is 12.3. The molecule has 3 aromatic carbocycles. The van der Waals surface area contributed by atoms with E-state index in [9.17, 15) is 9.59 Å². The number of hydrogen-bond acceptors (Lipinski definition) is 3. The van der Waals surface area contributed by atoms with E-state index in [0.29, 0.717) is 36.0 Å². The van der Waals surface area contributed by atoms with Gasteiger partial charge in [-0.3, -0.25) is 9.59 Å². The molecular weight excluding hydrogens is 424 g/mol. The lowest BCUT2D eigenvalue weighted by atomic mass is 10.2. The van der Waals surface area contributed by atoms with E-state index in [1.807, 2.05) is 54.6 Å². The summed E-state index contributed by atoms with van der Waals surface area (Å²) in [6.07, 6.45) is 4.57. The fourth-order valence-corrected chi connectivity index (χ4v) is 3.76. The van der Waals surface area contributed by atoms with Crippen LogP contribution >= 0.6 is 11.6 Å². The first-order valence-electron chi connectivity index (χ1n) is 10.4. The van der Waals surface area contributed by atoms with Gasteiger partial charge >= 0.3 is 0 Å². The first kappa shape index (κ1) is 21.7. The molecule has 3 aromatic rings. The minimum atomic E-state index is -0.268. The Kier molecular flexibility index (Phi) is 6.87. The van der Waals surface area contributed by atoms with Crippen molar-refractivity contribution in [1.82, 2.24) is 0 Å². The quantitative estimate of drug-likeness (QED) is 0.474. The van der Waals surface area contributed by atoms with Crippen molar-refractivity contribution < 1.29 is 14.3 Å². The van der Waals surface area contributed by atoms with Crippen molar-refractivity contribution >= 4 is 40.9 Å². The Morgan fingerprint density at radius 1 is 1.06 bits per heavy atom. The Bertz CT molecular complexity index is 1130. The highest BCUT2D eigenvalue weighted by molar-refractivity contribution is 6.34. The first-order chi connectivity index (χ1) is 15.6. The van der Waals surface area contributed by atoms with Crippen molar-refractivity contribution in [2.45, 2.75) is 19.4 Å². The van der Waals surface area contributed by atoms with Crippen LogP contribution in [0.4, 0.5) is 11.4 Å². The summed E-state index contributed by atoms with van der Waals surface area (Å²) in [5, 5.41) is 3.23. The highest BCUT2D eigenvalue weighted by Crippen LogP contribution is 2.31. The van der Waals surface area contributed by atoms with Crippen molar-refractivity contribution in [3.63, 3.8) is 0 Å². The lowest BCUT2D eigenvalue weighted by molar-refractivity contribution is -0.117. The smallest absolute Gasteiger partial charge is 0.248 e. The third kappa shape index (κ3) is 5.56. The summed E-state index contributed by atoms with van der Waals surface area (Å²) in [6.45, 7) is 1.18. The van der Waals surface area contributed by atoms with Gasteiger partial charge < -0.3 is 15.0 Å². The van der Waals surface area contributed by atoms with Gasteiger partial charge in [-0.25, -0.2) is 0 Å². The number of amides is 2. The molecule has 1 heterocycles. The van der Waals surface area contributed by atoms with Crippen LogP contribution in [-0.4, -0.2) is 18.4 Å². The number of carbonyl (C=O) groups excluding carboxylic acids is 2. The largest absolute Gasteiger partial charge is 0.489 e. The van der Waals surface area contributed by atoms with E-state index in [1.165, 1.54) is 6.08 Å². The molecule has 5 nitrogen and oxygen atoms in total. The molecule has 1 aliphatic rings. The van der Waals surface area contributed by atoms with Gasteiger partial charge in [-0.05, 0) is 54.0 Å². The molecule has 1 aliphatic heterocycles. The van der Waals surface area contributed by atoms with E-state index in [0.717, 1.165) is 23.3 Å². The minimum absolute atomic E-state index is 0.0723. The third-order valence-corrected chi connectivity index (χ3v) is 5.44. The van der Waals surface area contributed by atoms with E-state index in [2.05, 4.69) is 5.32 Å². The van der Waals surface area contributed by atoms with E-state index >= 15 is 0 Å². The second-order valence-corrected chi connectivity index (χ2v) is 7.89. The number of ether oxygens (including phenoxy) is 1. The number of carbonyl (C=O) groups is 2. The number of hydrogen-bond donors (Lipinski definition) is 1. The standard InChI is InChI=1S/C26H23ClN2O3/c27-23-17-21(11-14-24(23)29-16-4-7-26(29)31)28-25(30)15-10-19-8-12-22(13-9-19)32-18-20-5-2-1-3-6-20/h1-3,5-6,8-15,17H,4,7,16,18H2,(H,28,30)/b15-10+. The van der Waals surface area contributed by atoms with Crippen LogP contribution < -0.4 is 15.0 Å². The molecule has 1 fully saturated rings. The van der Waals surface area contributed by atoms with Crippen molar-refractivity contribution in [2.24, 2.45) is 0 Å². The summed E-state index contributed by atoms with van der Waals surface area (Å²) >= 11 is 6.34. The van der Waals surface area contributed by atoms with Crippen molar-refractivity contribution in [2.75, 3.05) is 16.8 Å². The minimum Gasteiger partial charge on any atom is -0.489 e. The number of benzene rings is 3. The summed E-state index contributed by atoms with van der Waals surface area (Å²) in [5.74, 6) is 0.570. The predicted octanol–water partition coefficient (Wildman–Crippen LogP) is 5.70. The zero-order valence-electron chi connectivity index (χ0n) is 17.5. The van der Waals surface area contributed by atoms with Crippen LogP contribution in [0.3, 0.4) is 0 Å². The molecule has 1 N–H and O–H groups in total. The summed E-state index contributed by atoms with van der Waals surface area (Å²) in [5.41, 5.74) is 3.24. The van der Waals surface area contributed by atoms with Gasteiger partial charge in [-0.15, -0.1) is 0 Å². The fraction of sp³-hybridized carbons (Fsp3) is 0.154. The number of rotatable bonds is 7. The average molecular weight is 447 g/mol. The van der Waals surface area contributed by atoms with Crippen LogP contribution in [-0.2, 0) is 16.2 Å². The summed E-state index contributed by atoms with van der Waals surface area (Å²) in [6, 6.07) is 22.7. The Morgan fingerprint density at radius 2 is 1.84 bits per heavy atom. The molecule has 0 spiro atoms. The lowest BCUT2D eigenvalue weighted by Gasteiger charge is -2.17. The maximum absolute atomic E-state index is 12.3. The molecule has 0 saturated carbocycles. The molecular formula is C26H23ClN2O3. The summed E-state index contributed by atoms with van der Waals surface area (Å²) < 4.78 is 5.78. The topological polar surface area (TPSA) is 58.6 Å². The van der Waals surface area contributed by atoms with Gasteiger partial charge in [0.1, 0.15) is 12.4 Å². The highest BCUT2D eigenvalue weighted by atomic mass is 35.5. The van der Waals surface area contributed by atoms with Crippen LogP contribution in [0.1, 0.15) is 24.0 Å². The monoisotopic (exact) mass is 446 g/mol. The maximum Gasteiger partial charge on any atom is 0.248 e. The fourth-order valence-electron chi connectivity index (χ4n) is 3.48.